The molecule has 2 N–H and O–H groups in total. The monoisotopic (exact) mass is 349 g/mol. The van der Waals surface area contributed by atoms with Crippen molar-refractivity contribution in [2.75, 3.05) is 23.3 Å². The van der Waals surface area contributed by atoms with E-state index in [1.807, 2.05) is 0 Å². The molecule has 24 heavy (non-hydrogen) atoms. The maximum Gasteiger partial charge on any atom is 0.329 e. The van der Waals surface area contributed by atoms with Crippen molar-refractivity contribution in [3.8, 4) is 0 Å². The Balaban J connectivity index is 1.90. The molecule has 1 aromatic heterocycles. The Hall–Kier alpha value is -2.45. The molecular weight excluding hydrogens is 334 g/mol. The minimum absolute atomic E-state index is 0.175. The molecule has 3 rings (SSSR count). The molecular formula is C15H16ClN5O3. The van der Waals surface area contributed by atoms with Crippen LogP contribution in [0, 0.1) is 10.1 Å². The van der Waals surface area contributed by atoms with Gasteiger partial charge in [-0.05, 0) is 37.1 Å². The van der Waals surface area contributed by atoms with E-state index >= 15 is 0 Å². The summed E-state index contributed by atoms with van der Waals surface area (Å²) in [6.07, 6.45) is 2.11. The summed E-state index contributed by atoms with van der Waals surface area (Å²) < 4.78 is 0. The highest BCUT2D eigenvalue weighted by Crippen LogP contribution is 2.29. The largest absolute Gasteiger partial charge is 0.391 e. The van der Waals surface area contributed by atoms with Gasteiger partial charge in [-0.1, -0.05) is 11.6 Å². The van der Waals surface area contributed by atoms with Crippen molar-refractivity contribution in [1.29, 1.82) is 0 Å². The van der Waals surface area contributed by atoms with Gasteiger partial charge in [0.25, 0.3) is 0 Å². The fraction of sp³-hybridized carbons (Fsp3) is 0.333. The molecule has 0 amide bonds. The molecule has 1 fully saturated rings. The quantitative estimate of drug-likeness (QED) is 0.645. The third-order valence-electron chi connectivity index (χ3n) is 3.74. The Morgan fingerprint density at radius 3 is 2.79 bits per heavy atom. The second-order valence-electron chi connectivity index (χ2n) is 5.53. The molecule has 1 aliphatic heterocycles. The van der Waals surface area contributed by atoms with Crippen molar-refractivity contribution < 1.29 is 10.0 Å². The number of halogens is 1. The van der Waals surface area contributed by atoms with Gasteiger partial charge < -0.3 is 15.3 Å². The SMILES string of the molecule is O=[N+]([O-])c1cnc(Nc2ccc(Cl)cc2)nc1N1CCCC(O)C1. The van der Waals surface area contributed by atoms with E-state index in [4.69, 9.17) is 11.6 Å². The molecule has 1 saturated heterocycles. The summed E-state index contributed by atoms with van der Waals surface area (Å²) in [6, 6.07) is 6.96. The van der Waals surface area contributed by atoms with Crippen LogP contribution >= 0.6 is 11.6 Å². The van der Waals surface area contributed by atoms with Gasteiger partial charge >= 0.3 is 5.69 Å². The zero-order valence-electron chi connectivity index (χ0n) is 12.7. The minimum Gasteiger partial charge on any atom is -0.391 e. The number of hydrogen-bond acceptors (Lipinski definition) is 7. The van der Waals surface area contributed by atoms with Gasteiger partial charge in [0, 0.05) is 23.8 Å². The number of piperidine rings is 1. The van der Waals surface area contributed by atoms with Crippen LogP contribution in [0.2, 0.25) is 5.02 Å². The van der Waals surface area contributed by atoms with Crippen LogP contribution in [-0.4, -0.2) is 39.2 Å². The van der Waals surface area contributed by atoms with Crippen LogP contribution in [0.5, 0.6) is 0 Å². The zero-order chi connectivity index (χ0) is 17.1. The zero-order valence-corrected chi connectivity index (χ0v) is 13.5. The Morgan fingerprint density at radius 1 is 1.38 bits per heavy atom. The Morgan fingerprint density at radius 2 is 2.12 bits per heavy atom. The van der Waals surface area contributed by atoms with Crippen molar-refractivity contribution in [1.82, 2.24) is 9.97 Å². The second kappa shape index (κ2) is 6.98. The lowest BCUT2D eigenvalue weighted by Gasteiger charge is -2.30. The standard InChI is InChI=1S/C15H16ClN5O3/c16-10-3-5-11(6-4-10)18-15-17-8-13(21(23)24)14(19-15)20-7-1-2-12(22)9-20/h3-6,8,12,22H,1-2,7,9H2,(H,17,18,19). The van der Waals surface area contributed by atoms with Crippen molar-refractivity contribution in [3.63, 3.8) is 0 Å². The predicted octanol–water partition coefficient (Wildman–Crippen LogP) is 2.74. The molecule has 1 unspecified atom stereocenters. The van der Waals surface area contributed by atoms with Crippen LogP contribution in [0.3, 0.4) is 0 Å². The molecule has 1 aliphatic rings. The van der Waals surface area contributed by atoms with E-state index in [0.717, 1.165) is 12.1 Å². The lowest BCUT2D eigenvalue weighted by molar-refractivity contribution is -0.384. The molecule has 0 aliphatic carbocycles. The molecule has 0 bridgehead atoms. The summed E-state index contributed by atoms with van der Waals surface area (Å²) in [5.74, 6) is 0.461. The molecule has 0 spiro atoms. The molecule has 9 heteroatoms. The first-order chi connectivity index (χ1) is 11.5. The van der Waals surface area contributed by atoms with E-state index in [1.54, 1.807) is 29.2 Å². The van der Waals surface area contributed by atoms with Gasteiger partial charge in [0.1, 0.15) is 6.20 Å². The number of hydrogen-bond donors (Lipinski definition) is 2. The topological polar surface area (TPSA) is 104 Å². The highest BCUT2D eigenvalue weighted by atomic mass is 35.5. The molecule has 126 valence electrons. The predicted molar refractivity (Wildman–Crippen MR) is 90.9 cm³/mol. The van der Waals surface area contributed by atoms with Gasteiger partial charge in [-0.2, -0.15) is 4.98 Å². The summed E-state index contributed by atoms with van der Waals surface area (Å²) in [5.41, 5.74) is 0.545. The van der Waals surface area contributed by atoms with Crippen LogP contribution in [0.15, 0.2) is 30.5 Å². The maximum absolute atomic E-state index is 11.3. The van der Waals surface area contributed by atoms with Crippen molar-refractivity contribution in [2.24, 2.45) is 0 Å². The van der Waals surface area contributed by atoms with Crippen molar-refractivity contribution in [3.05, 3.63) is 45.6 Å². The highest BCUT2D eigenvalue weighted by molar-refractivity contribution is 6.30. The number of aromatic nitrogens is 2. The molecule has 0 saturated carbocycles. The fourth-order valence-electron chi connectivity index (χ4n) is 2.60. The van der Waals surface area contributed by atoms with Gasteiger partial charge in [-0.25, -0.2) is 4.98 Å². The molecule has 1 atom stereocenters. The number of benzene rings is 1. The first-order valence-electron chi connectivity index (χ1n) is 7.50. The Labute approximate surface area is 143 Å². The summed E-state index contributed by atoms with van der Waals surface area (Å²) >= 11 is 5.85. The van der Waals surface area contributed by atoms with E-state index in [-0.39, 0.29) is 17.5 Å². The first kappa shape index (κ1) is 16.4. The van der Waals surface area contributed by atoms with Crippen molar-refractivity contribution in [2.45, 2.75) is 18.9 Å². The fourth-order valence-corrected chi connectivity index (χ4v) is 2.72. The summed E-state index contributed by atoms with van der Waals surface area (Å²) in [5, 5.41) is 24.7. The third kappa shape index (κ3) is 3.72. The lowest BCUT2D eigenvalue weighted by Crippen LogP contribution is -2.39. The van der Waals surface area contributed by atoms with Gasteiger partial charge in [0.15, 0.2) is 0 Å². The smallest absolute Gasteiger partial charge is 0.329 e. The van der Waals surface area contributed by atoms with E-state index in [1.165, 1.54) is 6.20 Å². The number of nitro groups is 1. The minimum atomic E-state index is -0.513. The summed E-state index contributed by atoms with van der Waals surface area (Å²) in [7, 11) is 0. The summed E-state index contributed by atoms with van der Waals surface area (Å²) in [6.45, 7) is 0.924. The van der Waals surface area contributed by atoms with Gasteiger partial charge in [0.2, 0.25) is 11.8 Å². The number of anilines is 3. The van der Waals surface area contributed by atoms with Crippen molar-refractivity contribution >= 4 is 34.7 Å². The van der Waals surface area contributed by atoms with Crippen LogP contribution in [0.4, 0.5) is 23.1 Å². The lowest BCUT2D eigenvalue weighted by atomic mass is 10.1. The average Bonchev–Trinajstić information content (AvgIpc) is 2.57. The highest BCUT2D eigenvalue weighted by Gasteiger charge is 2.27. The second-order valence-corrected chi connectivity index (χ2v) is 5.97. The molecule has 1 aromatic carbocycles. The van der Waals surface area contributed by atoms with E-state index in [0.29, 0.717) is 24.5 Å². The summed E-state index contributed by atoms with van der Waals surface area (Å²) in [4.78, 5) is 20.8. The van der Waals surface area contributed by atoms with Gasteiger partial charge in [-0.15, -0.1) is 0 Å². The number of nitrogens with zero attached hydrogens (tertiary/aromatic N) is 4. The third-order valence-corrected chi connectivity index (χ3v) is 4.00. The Kier molecular flexibility index (Phi) is 4.77. The number of aliphatic hydroxyl groups excluding tert-OH is 1. The molecule has 2 aromatic rings. The molecule has 0 radical (unpaired) electrons. The molecule has 8 nitrogen and oxygen atoms in total. The molecule has 2 heterocycles. The van der Waals surface area contributed by atoms with E-state index < -0.39 is 11.0 Å². The van der Waals surface area contributed by atoms with Crippen LogP contribution < -0.4 is 10.2 Å². The maximum atomic E-state index is 11.3. The van der Waals surface area contributed by atoms with Gasteiger partial charge in [-0.3, -0.25) is 10.1 Å². The van der Waals surface area contributed by atoms with Crippen LogP contribution in [0.25, 0.3) is 0 Å². The number of β-amino-alcohol motifs (C(OH)–C–C–N with tert-alkyl or cyclic N) is 1. The van der Waals surface area contributed by atoms with Crippen LogP contribution in [-0.2, 0) is 0 Å². The normalized spacial score (nSPS) is 17.6. The number of nitrogens with one attached hydrogen (secondary N) is 1. The number of rotatable bonds is 4. The van der Waals surface area contributed by atoms with Crippen LogP contribution in [0.1, 0.15) is 12.8 Å². The van der Waals surface area contributed by atoms with Gasteiger partial charge in [0.05, 0.1) is 11.0 Å². The Bertz CT molecular complexity index is 740. The number of aliphatic hydroxyl groups is 1. The first-order valence-corrected chi connectivity index (χ1v) is 7.88. The van der Waals surface area contributed by atoms with E-state index in [9.17, 15) is 15.2 Å². The average molecular weight is 350 g/mol. The van der Waals surface area contributed by atoms with E-state index in [2.05, 4.69) is 15.3 Å².